The van der Waals surface area contributed by atoms with E-state index in [9.17, 15) is 5.11 Å². The van der Waals surface area contributed by atoms with Crippen LogP contribution in [0.3, 0.4) is 0 Å². The second-order valence-corrected chi connectivity index (χ2v) is 2.43. The van der Waals surface area contributed by atoms with Crippen molar-refractivity contribution in [2.75, 3.05) is 0 Å². The predicted molar refractivity (Wildman–Crippen MR) is 39.7 cm³/mol. The van der Waals surface area contributed by atoms with Crippen molar-refractivity contribution < 1.29 is 5.11 Å². The molecule has 54 valence electrons. The first kappa shape index (κ1) is 7.37. The maximum atomic E-state index is 9.24. The van der Waals surface area contributed by atoms with Gasteiger partial charge in [0.2, 0.25) is 0 Å². The Balaban J connectivity index is 2.58. The van der Waals surface area contributed by atoms with E-state index in [1.54, 1.807) is 12.3 Å². The topological polar surface area (TPSA) is 46.0 Å². The highest BCUT2D eigenvalue weighted by Crippen LogP contribution is 2.13. The maximum absolute atomic E-state index is 9.24. The number of aromatic nitrogens is 2. The van der Waals surface area contributed by atoms with Gasteiger partial charge in [-0.15, -0.1) is 6.58 Å². The third kappa shape index (κ3) is 1.62. The number of aliphatic hydroxyl groups excluding tert-OH is 1. The molecule has 1 atom stereocenters. The minimum Gasteiger partial charge on any atom is -0.386 e. The highest BCUT2D eigenvalue weighted by molar-refractivity contribution is 6.99. The van der Waals surface area contributed by atoms with Crippen LogP contribution in [0.25, 0.3) is 0 Å². The summed E-state index contributed by atoms with van der Waals surface area (Å²) in [5.74, 6) is 0. The van der Waals surface area contributed by atoms with Gasteiger partial charge < -0.3 is 5.11 Å². The van der Waals surface area contributed by atoms with Gasteiger partial charge >= 0.3 is 0 Å². The molecule has 0 aliphatic carbocycles. The Hall–Kier alpha value is -0.740. The number of hydrogen-bond donors (Lipinski definition) is 1. The molecule has 0 spiro atoms. The van der Waals surface area contributed by atoms with E-state index < -0.39 is 6.10 Å². The third-order valence-corrected chi connectivity index (χ3v) is 1.60. The van der Waals surface area contributed by atoms with Gasteiger partial charge in [-0.1, -0.05) is 6.08 Å². The average Bonchev–Trinajstić information content (AvgIpc) is 2.38. The average molecular weight is 156 g/mol. The lowest BCUT2D eigenvalue weighted by molar-refractivity contribution is 0.178. The molecule has 0 aromatic carbocycles. The van der Waals surface area contributed by atoms with Gasteiger partial charge in [0.05, 0.1) is 17.9 Å². The van der Waals surface area contributed by atoms with Crippen LogP contribution in [0.15, 0.2) is 18.9 Å². The molecule has 10 heavy (non-hydrogen) atoms. The van der Waals surface area contributed by atoms with Crippen molar-refractivity contribution in [1.29, 1.82) is 0 Å². The van der Waals surface area contributed by atoms with Gasteiger partial charge in [0, 0.05) is 0 Å². The van der Waals surface area contributed by atoms with Gasteiger partial charge in [-0.25, -0.2) is 0 Å². The Labute approximate surface area is 63.4 Å². The fourth-order valence-corrected chi connectivity index (χ4v) is 1.06. The number of nitrogens with zero attached hydrogens (tertiary/aromatic N) is 2. The van der Waals surface area contributed by atoms with Crippen molar-refractivity contribution in [1.82, 2.24) is 8.75 Å². The lowest BCUT2D eigenvalue weighted by Gasteiger charge is -2.00. The Bertz CT molecular complexity index is 198. The molecule has 1 rings (SSSR count). The molecule has 0 aliphatic heterocycles. The van der Waals surface area contributed by atoms with Crippen LogP contribution >= 0.6 is 11.7 Å². The van der Waals surface area contributed by atoms with E-state index in [2.05, 4.69) is 15.3 Å². The summed E-state index contributed by atoms with van der Waals surface area (Å²) in [4.78, 5) is 0. The molecular formula is C6H8N2OS. The molecule has 0 aliphatic rings. The standard InChI is InChI=1S/C6H8N2OS/c1-2-3-6(9)5-4-7-10-8-5/h2,4,6,9H,1,3H2. The van der Waals surface area contributed by atoms with Crippen molar-refractivity contribution >= 4 is 11.7 Å². The van der Waals surface area contributed by atoms with Crippen LogP contribution in [-0.2, 0) is 0 Å². The number of hydrogen-bond acceptors (Lipinski definition) is 4. The molecular weight excluding hydrogens is 148 g/mol. The van der Waals surface area contributed by atoms with Gasteiger partial charge in [0.1, 0.15) is 11.8 Å². The van der Waals surface area contributed by atoms with E-state index in [0.29, 0.717) is 12.1 Å². The van der Waals surface area contributed by atoms with E-state index in [1.165, 1.54) is 0 Å². The Kier molecular flexibility index (Phi) is 2.53. The van der Waals surface area contributed by atoms with E-state index >= 15 is 0 Å². The summed E-state index contributed by atoms with van der Waals surface area (Å²) < 4.78 is 7.63. The van der Waals surface area contributed by atoms with Gasteiger partial charge in [-0.05, 0) is 6.42 Å². The summed E-state index contributed by atoms with van der Waals surface area (Å²) in [6.07, 6.45) is 3.23. The first-order valence-corrected chi connectivity index (χ1v) is 3.64. The molecule has 1 N–H and O–H groups in total. The summed E-state index contributed by atoms with van der Waals surface area (Å²) in [6.45, 7) is 3.51. The van der Waals surface area contributed by atoms with E-state index in [0.717, 1.165) is 11.7 Å². The van der Waals surface area contributed by atoms with Gasteiger partial charge in [0.25, 0.3) is 0 Å². The number of rotatable bonds is 3. The van der Waals surface area contributed by atoms with Crippen LogP contribution in [0, 0.1) is 0 Å². The summed E-state index contributed by atoms with van der Waals surface area (Å²) in [5.41, 5.74) is 0.630. The molecule has 0 fully saturated rings. The Morgan fingerprint density at radius 3 is 3.20 bits per heavy atom. The predicted octanol–water partition coefficient (Wildman–Crippen LogP) is 1.15. The minimum atomic E-state index is -0.531. The summed E-state index contributed by atoms with van der Waals surface area (Å²) in [7, 11) is 0. The normalized spacial score (nSPS) is 12.9. The Morgan fingerprint density at radius 1 is 1.90 bits per heavy atom. The highest BCUT2D eigenvalue weighted by atomic mass is 32.1. The monoisotopic (exact) mass is 156 g/mol. The lowest BCUT2D eigenvalue weighted by atomic mass is 10.2. The van der Waals surface area contributed by atoms with Crippen LogP contribution in [-0.4, -0.2) is 13.9 Å². The molecule has 1 unspecified atom stereocenters. The number of aliphatic hydroxyl groups is 1. The van der Waals surface area contributed by atoms with Crippen LogP contribution in [0.5, 0.6) is 0 Å². The lowest BCUT2D eigenvalue weighted by Crippen LogP contribution is -1.94. The fourth-order valence-electron chi connectivity index (χ4n) is 0.597. The maximum Gasteiger partial charge on any atom is 0.103 e. The van der Waals surface area contributed by atoms with E-state index in [4.69, 9.17) is 0 Å². The molecule has 0 saturated heterocycles. The molecule has 0 amide bonds. The van der Waals surface area contributed by atoms with Crippen molar-refractivity contribution in [2.45, 2.75) is 12.5 Å². The SMILES string of the molecule is C=CCC(O)c1cnsn1. The molecule has 4 heteroatoms. The molecule has 1 heterocycles. The van der Waals surface area contributed by atoms with Crippen LogP contribution in [0.1, 0.15) is 18.2 Å². The highest BCUT2D eigenvalue weighted by Gasteiger charge is 2.06. The first-order chi connectivity index (χ1) is 4.84. The molecule has 0 bridgehead atoms. The second-order valence-electron chi connectivity index (χ2n) is 1.87. The zero-order valence-corrected chi connectivity index (χ0v) is 6.21. The van der Waals surface area contributed by atoms with E-state index in [-0.39, 0.29) is 0 Å². The quantitative estimate of drug-likeness (QED) is 0.668. The molecule has 3 nitrogen and oxygen atoms in total. The van der Waals surface area contributed by atoms with E-state index in [1.807, 2.05) is 0 Å². The van der Waals surface area contributed by atoms with Crippen molar-refractivity contribution in [2.24, 2.45) is 0 Å². The minimum absolute atomic E-state index is 0.531. The fraction of sp³-hybridized carbons (Fsp3) is 0.333. The van der Waals surface area contributed by atoms with Crippen molar-refractivity contribution in [3.8, 4) is 0 Å². The van der Waals surface area contributed by atoms with Crippen LogP contribution in [0.4, 0.5) is 0 Å². The third-order valence-electron chi connectivity index (χ3n) is 1.11. The van der Waals surface area contributed by atoms with Gasteiger partial charge in [-0.3, -0.25) is 0 Å². The summed E-state index contributed by atoms with van der Waals surface area (Å²) >= 11 is 1.10. The van der Waals surface area contributed by atoms with Gasteiger partial charge in [0.15, 0.2) is 0 Å². The molecule has 0 radical (unpaired) electrons. The molecule has 1 aromatic rings. The zero-order valence-electron chi connectivity index (χ0n) is 5.40. The van der Waals surface area contributed by atoms with Gasteiger partial charge in [-0.2, -0.15) is 8.75 Å². The largest absolute Gasteiger partial charge is 0.386 e. The summed E-state index contributed by atoms with van der Waals surface area (Å²) in [5, 5.41) is 9.24. The molecule has 0 saturated carbocycles. The van der Waals surface area contributed by atoms with Crippen molar-refractivity contribution in [3.05, 3.63) is 24.5 Å². The van der Waals surface area contributed by atoms with Crippen LogP contribution in [0.2, 0.25) is 0 Å². The first-order valence-electron chi connectivity index (χ1n) is 2.91. The van der Waals surface area contributed by atoms with Crippen molar-refractivity contribution in [3.63, 3.8) is 0 Å². The zero-order chi connectivity index (χ0) is 7.40. The summed E-state index contributed by atoms with van der Waals surface area (Å²) in [6, 6.07) is 0. The second kappa shape index (κ2) is 3.43. The molecule has 1 aromatic heterocycles. The smallest absolute Gasteiger partial charge is 0.103 e. The Morgan fingerprint density at radius 2 is 2.70 bits per heavy atom. The van der Waals surface area contributed by atoms with Crippen LogP contribution < -0.4 is 0 Å².